The number of benzene rings is 4. The third kappa shape index (κ3) is 2.72. The van der Waals surface area contributed by atoms with Crippen molar-refractivity contribution < 1.29 is 0 Å². The first-order chi connectivity index (χ1) is 16.9. The van der Waals surface area contributed by atoms with Crippen molar-refractivity contribution in [2.45, 2.75) is 76.0 Å². The maximum atomic E-state index is 2.51. The van der Waals surface area contributed by atoms with Crippen LogP contribution in [-0.4, -0.2) is 0 Å². The molecule has 170 valence electrons. The lowest BCUT2D eigenvalue weighted by atomic mass is 9.74. The second kappa shape index (κ2) is 7.45. The van der Waals surface area contributed by atoms with E-state index in [-0.39, 0.29) is 0 Å². The van der Waals surface area contributed by atoms with Crippen molar-refractivity contribution in [1.29, 1.82) is 0 Å². The monoisotopic (exact) mass is 442 g/mol. The van der Waals surface area contributed by atoms with Crippen LogP contribution in [0.1, 0.15) is 85.5 Å². The van der Waals surface area contributed by atoms with Crippen LogP contribution in [0.5, 0.6) is 0 Å². The van der Waals surface area contributed by atoms with Gasteiger partial charge < -0.3 is 0 Å². The molecule has 0 heteroatoms. The van der Waals surface area contributed by atoms with Crippen molar-refractivity contribution in [2.75, 3.05) is 0 Å². The molecule has 0 amide bonds. The third-order valence-corrected chi connectivity index (χ3v) is 10.4. The van der Waals surface area contributed by atoms with Gasteiger partial charge in [-0.15, -0.1) is 0 Å². The predicted molar refractivity (Wildman–Crippen MR) is 144 cm³/mol. The molecular weight excluding hydrogens is 408 g/mol. The first-order valence-corrected chi connectivity index (χ1v) is 14.0. The number of hydrogen-bond donors (Lipinski definition) is 0. The highest BCUT2D eigenvalue weighted by molar-refractivity contribution is 6.07. The van der Waals surface area contributed by atoms with Gasteiger partial charge in [-0.25, -0.2) is 0 Å². The Kier molecular flexibility index (Phi) is 4.31. The van der Waals surface area contributed by atoms with E-state index in [1.807, 2.05) is 0 Å². The number of hydrogen-bond acceptors (Lipinski definition) is 0. The molecule has 8 rings (SSSR count). The maximum Gasteiger partial charge on any atom is -0.00991 e. The quantitative estimate of drug-likeness (QED) is 0.275. The molecule has 2 fully saturated rings. The van der Waals surface area contributed by atoms with Gasteiger partial charge in [0, 0.05) is 0 Å². The van der Waals surface area contributed by atoms with E-state index in [4.69, 9.17) is 0 Å². The van der Waals surface area contributed by atoms with Crippen molar-refractivity contribution in [3.63, 3.8) is 0 Å². The lowest BCUT2D eigenvalue weighted by Gasteiger charge is -2.30. The zero-order valence-corrected chi connectivity index (χ0v) is 20.2. The van der Waals surface area contributed by atoms with Crippen LogP contribution in [0.2, 0.25) is 0 Å². The van der Waals surface area contributed by atoms with Crippen LogP contribution in [0.3, 0.4) is 0 Å². The van der Waals surface area contributed by atoms with Gasteiger partial charge in [-0.3, -0.25) is 0 Å². The van der Waals surface area contributed by atoms with E-state index in [1.165, 1.54) is 96.9 Å². The summed E-state index contributed by atoms with van der Waals surface area (Å²) in [5.41, 5.74) is 9.52. The molecule has 0 radical (unpaired) electrons. The molecule has 0 aromatic heterocycles. The van der Waals surface area contributed by atoms with Gasteiger partial charge in [-0.2, -0.15) is 0 Å². The second-order valence-corrected chi connectivity index (χ2v) is 11.7. The van der Waals surface area contributed by atoms with Gasteiger partial charge in [0.2, 0.25) is 0 Å². The highest BCUT2D eigenvalue weighted by atomic mass is 14.4. The Balaban J connectivity index is 1.32. The molecule has 0 spiro atoms. The molecule has 4 atom stereocenters. The predicted octanol–water partition coefficient (Wildman–Crippen LogP) is 9.32. The molecule has 0 bridgehead atoms. The van der Waals surface area contributed by atoms with Gasteiger partial charge in [0.05, 0.1) is 0 Å². The third-order valence-electron chi connectivity index (χ3n) is 10.4. The summed E-state index contributed by atoms with van der Waals surface area (Å²) in [6, 6.07) is 24.1. The van der Waals surface area contributed by atoms with Crippen LogP contribution in [0.15, 0.2) is 60.7 Å². The summed E-state index contributed by atoms with van der Waals surface area (Å²) in [4.78, 5) is 0. The van der Waals surface area contributed by atoms with Gasteiger partial charge in [-0.05, 0) is 130 Å². The Bertz CT molecular complexity index is 1330. The Morgan fingerprint density at radius 3 is 1.44 bits per heavy atom. The minimum absolute atomic E-state index is 0.820. The van der Waals surface area contributed by atoms with E-state index in [0.29, 0.717) is 0 Å². The number of aryl methyl sites for hydroxylation is 2. The molecule has 2 saturated carbocycles. The molecule has 0 heterocycles. The van der Waals surface area contributed by atoms with Crippen LogP contribution in [0, 0.1) is 11.8 Å². The normalized spacial score (nSPS) is 27.4. The average molecular weight is 443 g/mol. The zero-order chi connectivity index (χ0) is 22.2. The van der Waals surface area contributed by atoms with Crippen LogP contribution in [-0.2, 0) is 12.8 Å². The van der Waals surface area contributed by atoms with Crippen LogP contribution >= 0.6 is 0 Å². The fourth-order valence-corrected chi connectivity index (χ4v) is 8.84. The van der Waals surface area contributed by atoms with Crippen molar-refractivity contribution >= 4 is 21.5 Å². The standard InChI is InChI=1S/C34H34/c1-5-21-13-15-31-27-11-3-9-25(33(27)19-17-29(31)23(21)7-1)26-10-4-12-28-32-16-14-22-6-2-8-24(22)30(32)18-20-34(26)28/h3-4,9-12,17-24H,1-2,5-8,13-16H2. The topological polar surface area (TPSA) is 0 Å². The van der Waals surface area contributed by atoms with Crippen LogP contribution in [0.25, 0.3) is 32.7 Å². The fraction of sp³-hybridized carbons (Fsp3) is 0.412. The van der Waals surface area contributed by atoms with E-state index in [0.717, 1.165) is 23.7 Å². The van der Waals surface area contributed by atoms with Crippen molar-refractivity contribution in [3.8, 4) is 11.1 Å². The van der Waals surface area contributed by atoms with E-state index < -0.39 is 0 Å². The largest absolute Gasteiger partial charge is 0.0610 e. The summed E-state index contributed by atoms with van der Waals surface area (Å²) in [7, 11) is 0. The molecule has 0 nitrogen and oxygen atoms in total. The number of rotatable bonds is 1. The Morgan fingerprint density at radius 1 is 0.441 bits per heavy atom. The smallest absolute Gasteiger partial charge is 0.00991 e. The highest BCUT2D eigenvalue weighted by Crippen LogP contribution is 2.51. The first-order valence-electron chi connectivity index (χ1n) is 14.0. The summed E-state index contributed by atoms with van der Waals surface area (Å²) in [5, 5.41) is 5.95. The van der Waals surface area contributed by atoms with Crippen LogP contribution in [0.4, 0.5) is 0 Å². The Hall–Kier alpha value is -2.60. The Labute approximate surface area is 203 Å². The maximum absolute atomic E-state index is 2.51. The summed E-state index contributed by atoms with van der Waals surface area (Å²) < 4.78 is 0. The lowest BCUT2D eigenvalue weighted by Crippen LogP contribution is -2.16. The van der Waals surface area contributed by atoms with Gasteiger partial charge in [0.15, 0.2) is 0 Å². The van der Waals surface area contributed by atoms with E-state index in [1.54, 1.807) is 22.3 Å². The minimum Gasteiger partial charge on any atom is -0.0610 e. The lowest BCUT2D eigenvalue weighted by molar-refractivity contribution is 0.425. The fourth-order valence-electron chi connectivity index (χ4n) is 8.84. The molecule has 0 saturated heterocycles. The van der Waals surface area contributed by atoms with Crippen LogP contribution < -0.4 is 0 Å². The number of fused-ring (bicyclic) bond motifs is 10. The molecule has 4 aromatic rings. The van der Waals surface area contributed by atoms with Gasteiger partial charge >= 0.3 is 0 Å². The average Bonchev–Trinajstić information content (AvgIpc) is 3.57. The van der Waals surface area contributed by atoms with Crippen molar-refractivity contribution in [2.24, 2.45) is 11.8 Å². The molecule has 4 unspecified atom stereocenters. The molecule has 4 aliphatic carbocycles. The first kappa shape index (κ1) is 19.7. The molecule has 0 aliphatic heterocycles. The summed E-state index contributed by atoms with van der Waals surface area (Å²) in [6.07, 6.45) is 13.9. The molecule has 0 N–H and O–H groups in total. The van der Waals surface area contributed by atoms with E-state index in [2.05, 4.69) is 60.7 Å². The summed E-state index contributed by atoms with van der Waals surface area (Å²) in [5.74, 6) is 3.52. The zero-order valence-electron chi connectivity index (χ0n) is 20.2. The minimum atomic E-state index is 0.820. The van der Waals surface area contributed by atoms with Crippen molar-refractivity contribution in [3.05, 3.63) is 82.9 Å². The molecule has 34 heavy (non-hydrogen) atoms. The highest BCUT2D eigenvalue weighted by Gasteiger charge is 2.35. The molecular formula is C34H34. The second-order valence-electron chi connectivity index (χ2n) is 11.7. The van der Waals surface area contributed by atoms with Gasteiger partial charge in [-0.1, -0.05) is 73.5 Å². The van der Waals surface area contributed by atoms with E-state index in [9.17, 15) is 0 Å². The SMILES string of the molecule is c1cc(-c2cccc3c4c(ccc23)C2CCCC2CC4)c2ccc3c(c2c1)CCC1CCCC31. The van der Waals surface area contributed by atoms with Gasteiger partial charge in [0.1, 0.15) is 0 Å². The molecule has 4 aliphatic rings. The molecule has 4 aromatic carbocycles. The van der Waals surface area contributed by atoms with E-state index >= 15 is 0 Å². The van der Waals surface area contributed by atoms with Crippen molar-refractivity contribution in [1.82, 2.24) is 0 Å². The summed E-state index contributed by atoms with van der Waals surface area (Å²) >= 11 is 0. The summed E-state index contributed by atoms with van der Waals surface area (Å²) in [6.45, 7) is 0. The van der Waals surface area contributed by atoms with Gasteiger partial charge in [0.25, 0.3) is 0 Å². The Morgan fingerprint density at radius 2 is 0.941 bits per heavy atom.